The second-order valence-electron chi connectivity index (χ2n) is 3.32. The summed E-state index contributed by atoms with van der Waals surface area (Å²) in [6.45, 7) is 3.52. The lowest BCUT2D eigenvalue weighted by molar-refractivity contribution is -0.0273. The minimum Gasteiger partial charge on any atom is -0.382 e. The van der Waals surface area contributed by atoms with E-state index in [1.165, 1.54) is 0 Å². The molecule has 0 saturated carbocycles. The van der Waals surface area contributed by atoms with Crippen molar-refractivity contribution in [1.29, 1.82) is 0 Å². The first kappa shape index (κ1) is 6.68. The average Bonchev–Trinajstić information content (AvgIpc) is 2.20. The van der Waals surface area contributed by atoms with Crippen molar-refractivity contribution in [2.45, 2.75) is 30.9 Å². The molecule has 0 aromatic heterocycles. The second-order valence-corrected chi connectivity index (χ2v) is 3.32. The maximum atomic E-state index is 5.95. The third kappa shape index (κ3) is 0.624. The van der Waals surface area contributed by atoms with Crippen LogP contribution in [0, 0.1) is 0 Å². The first-order valence-corrected chi connectivity index (χ1v) is 3.73. The van der Waals surface area contributed by atoms with Gasteiger partial charge in [-0.2, -0.15) is 0 Å². The summed E-state index contributed by atoms with van der Waals surface area (Å²) >= 11 is 0. The Balaban J connectivity index is 2.30. The first-order chi connectivity index (χ1) is 4.66. The molecule has 0 aromatic rings. The molecule has 2 nitrogen and oxygen atoms in total. The SMILES string of the molecule is [B]C12CCOC1(C)CCO2. The Hall–Kier alpha value is -0.0151. The lowest BCUT2D eigenvalue weighted by Gasteiger charge is -2.31. The van der Waals surface area contributed by atoms with Gasteiger partial charge in [-0.15, -0.1) is 0 Å². The summed E-state index contributed by atoms with van der Waals surface area (Å²) in [7, 11) is 5.95. The van der Waals surface area contributed by atoms with Crippen molar-refractivity contribution in [2.24, 2.45) is 0 Å². The highest BCUT2D eigenvalue weighted by molar-refractivity contribution is 6.15. The molecule has 0 aliphatic carbocycles. The van der Waals surface area contributed by atoms with Gasteiger partial charge < -0.3 is 9.47 Å². The number of hydrogen-bond acceptors (Lipinski definition) is 2. The van der Waals surface area contributed by atoms with Crippen LogP contribution in [0.5, 0.6) is 0 Å². The summed E-state index contributed by atoms with van der Waals surface area (Å²) < 4.78 is 10.9. The molecule has 2 aliphatic rings. The van der Waals surface area contributed by atoms with Crippen LogP contribution in [0.4, 0.5) is 0 Å². The van der Waals surface area contributed by atoms with Crippen molar-refractivity contribution in [3.05, 3.63) is 0 Å². The molecule has 2 radical (unpaired) electrons. The Kier molecular flexibility index (Phi) is 1.18. The number of fused-ring (bicyclic) bond motifs is 1. The topological polar surface area (TPSA) is 18.5 Å². The summed E-state index contributed by atoms with van der Waals surface area (Å²) in [6.07, 6.45) is 1.77. The van der Waals surface area contributed by atoms with Gasteiger partial charge in [0.1, 0.15) is 7.85 Å². The van der Waals surface area contributed by atoms with Gasteiger partial charge in [-0.25, -0.2) is 0 Å². The maximum Gasteiger partial charge on any atom is 0.117 e. The van der Waals surface area contributed by atoms with E-state index in [1.807, 2.05) is 6.92 Å². The Morgan fingerprint density at radius 2 is 1.90 bits per heavy atom. The fraction of sp³-hybridized carbons (Fsp3) is 1.00. The molecule has 0 bridgehead atoms. The smallest absolute Gasteiger partial charge is 0.117 e. The monoisotopic (exact) mass is 138 g/mol. The van der Waals surface area contributed by atoms with Gasteiger partial charge in [-0.3, -0.25) is 0 Å². The number of ether oxygens (including phenoxy) is 2. The van der Waals surface area contributed by atoms with Gasteiger partial charge in [0.2, 0.25) is 0 Å². The van der Waals surface area contributed by atoms with Gasteiger partial charge in [0.15, 0.2) is 0 Å². The summed E-state index contributed by atoms with van der Waals surface area (Å²) in [5.74, 6) is 0. The Labute approximate surface area is 62.3 Å². The van der Waals surface area contributed by atoms with Gasteiger partial charge in [0.05, 0.1) is 11.1 Å². The molecular weight excluding hydrogens is 127 g/mol. The van der Waals surface area contributed by atoms with Gasteiger partial charge in [0, 0.05) is 19.6 Å². The Morgan fingerprint density at radius 1 is 1.20 bits per heavy atom. The molecule has 0 spiro atoms. The summed E-state index contributed by atoms with van der Waals surface area (Å²) in [5, 5.41) is 0. The minimum atomic E-state index is -0.479. The molecule has 2 fully saturated rings. The highest BCUT2D eigenvalue weighted by Crippen LogP contribution is 2.43. The van der Waals surface area contributed by atoms with Crippen molar-refractivity contribution >= 4 is 7.85 Å². The van der Waals surface area contributed by atoms with E-state index < -0.39 is 5.50 Å². The highest BCUT2D eigenvalue weighted by Gasteiger charge is 2.53. The molecule has 0 aromatic carbocycles. The normalized spacial score (nSPS) is 53.3. The molecule has 3 heteroatoms. The molecule has 2 rings (SSSR count). The molecule has 54 valence electrons. The van der Waals surface area contributed by atoms with Crippen LogP contribution in [0.1, 0.15) is 19.8 Å². The van der Waals surface area contributed by atoms with Crippen molar-refractivity contribution < 1.29 is 9.47 Å². The van der Waals surface area contributed by atoms with Crippen LogP contribution in [0.2, 0.25) is 0 Å². The molecule has 2 unspecified atom stereocenters. The van der Waals surface area contributed by atoms with Crippen LogP contribution >= 0.6 is 0 Å². The van der Waals surface area contributed by atoms with Crippen molar-refractivity contribution in [3.8, 4) is 0 Å². The molecule has 2 atom stereocenters. The molecular formula is C7H11BO2. The average molecular weight is 138 g/mol. The summed E-state index contributed by atoms with van der Waals surface area (Å²) in [5.41, 5.74) is -0.681. The lowest BCUT2D eigenvalue weighted by Crippen LogP contribution is -2.45. The van der Waals surface area contributed by atoms with Crippen LogP contribution in [-0.2, 0) is 9.47 Å². The van der Waals surface area contributed by atoms with E-state index in [0.717, 1.165) is 26.1 Å². The van der Waals surface area contributed by atoms with Crippen LogP contribution in [0.25, 0.3) is 0 Å². The molecule has 0 N–H and O–H groups in total. The first-order valence-electron chi connectivity index (χ1n) is 3.73. The Bertz CT molecular complexity index is 132. The van der Waals surface area contributed by atoms with Gasteiger partial charge in [-0.1, -0.05) is 0 Å². The predicted molar refractivity (Wildman–Crippen MR) is 38.0 cm³/mol. The largest absolute Gasteiger partial charge is 0.382 e. The molecule has 2 saturated heterocycles. The number of rotatable bonds is 0. The second kappa shape index (κ2) is 1.77. The van der Waals surface area contributed by atoms with E-state index in [-0.39, 0.29) is 5.60 Å². The van der Waals surface area contributed by atoms with Gasteiger partial charge in [-0.05, 0) is 13.3 Å². The summed E-state index contributed by atoms with van der Waals surface area (Å²) in [4.78, 5) is 0. The zero-order valence-corrected chi connectivity index (χ0v) is 6.22. The molecule has 2 aliphatic heterocycles. The quantitative estimate of drug-likeness (QED) is 0.452. The maximum absolute atomic E-state index is 5.95. The molecule has 2 heterocycles. The zero-order valence-electron chi connectivity index (χ0n) is 6.22. The van der Waals surface area contributed by atoms with Crippen LogP contribution in [-0.4, -0.2) is 32.2 Å². The third-order valence-electron chi connectivity index (χ3n) is 2.73. The number of hydrogen-bond donors (Lipinski definition) is 0. The van der Waals surface area contributed by atoms with E-state index in [0.29, 0.717) is 0 Å². The standard InChI is InChI=1S/C7H11BO2/c1-6-2-4-10-7(6,8)3-5-9-6/h2-5H2,1H3. The van der Waals surface area contributed by atoms with E-state index in [1.54, 1.807) is 0 Å². The van der Waals surface area contributed by atoms with E-state index >= 15 is 0 Å². The van der Waals surface area contributed by atoms with Crippen molar-refractivity contribution in [3.63, 3.8) is 0 Å². The molecule has 10 heavy (non-hydrogen) atoms. The minimum absolute atomic E-state index is 0.201. The van der Waals surface area contributed by atoms with Gasteiger partial charge >= 0.3 is 0 Å². The van der Waals surface area contributed by atoms with E-state index in [2.05, 4.69) is 0 Å². The van der Waals surface area contributed by atoms with E-state index in [4.69, 9.17) is 17.3 Å². The fourth-order valence-electron chi connectivity index (χ4n) is 1.75. The van der Waals surface area contributed by atoms with Crippen molar-refractivity contribution in [1.82, 2.24) is 0 Å². The predicted octanol–water partition coefficient (Wildman–Crippen LogP) is 0.450. The fourth-order valence-corrected chi connectivity index (χ4v) is 1.75. The van der Waals surface area contributed by atoms with Crippen LogP contribution in [0.15, 0.2) is 0 Å². The summed E-state index contributed by atoms with van der Waals surface area (Å²) in [6, 6.07) is 0. The third-order valence-corrected chi connectivity index (χ3v) is 2.73. The van der Waals surface area contributed by atoms with Crippen molar-refractivity contribution in [2.75, 3.05) is 13.2 Å². The van der Waals surface area contributed by atoms with Gasteiger partial charge in [0.25, 0.3) is 0 Å². The lowest BCUT2D eigenvalue weighted by atomic mass is 9.69. The zero-order chi connectivity index (χ0) is 7.24. The van der Waals surface area contributed by atoms with Crippen LogP contribution < -0.4 is 0 Å². The highest BCUT2D eigenvalue weighted by atomic mass is 16.6. The Morgan fingerprint density at radius 3 is 2.60 bits per heavy atom. The molecule has 0 amide bonds. The van der Waals surface area contributed by atoms with Crippen LogP contribution in [0.3, 0.4) is 0 Å². The van der Waals surface area contributed by atoms with E-state index in [9.17, 15) is 0 Å².